The molecule has 1 fully saturated rings. The Hall–Kier alpha value is -1.73. The number of amides is 1. The average Bonchev–Trinajstić information content (AvgIpc) is 3.23. The Morgan fingerprint density at radius 3 is 2.84 bits per heavy atom. The van der Waals surface area contributed by atoms with Crippen LogP contribution in [0.1, 0.15) is 40.7 Å². The maximum absolute atomic E-state index is 12.4. The van der Waals surface area contributed by atoms with Gasteiger partial charge < -0.3 is 9.88 Å². The minimum absolute atomic E-state index is 0.104. The summed E-state index contributed by atoms with van der Waals surface area (Å²) in [7, 11) is 0. The molecule has 25 heavy (non-hydrogen) atoms. The second-order valence-corrected chi connectivity index (χ2v) is 8.62. The maximum atomic E-state index is 12.4. The van der Waals surface area contributed by atoms with Crippen molar-refractivity contribution in [1.82, 2.24) is 25.0 Å². The summed E-state index contributed by atoms with van der Waals surface area (Å²) >= 11 is 1.85. The van der Waals surface area contributed by atoms with E-state index in [4.69, 9.17) is 0 Å². The summed E-state index contributed by atoms with van der Waals surface area (Å²) in [6.07, 6.45) is 0.923. The molecular formula is C18H25N5OS. The van der Waals surface area contributed by atoms with Crippen LogP contribution in [0, 0.1) is 18.8 Å². The van der Waals surface area contributed by atoms with E-state index in [9.17, 15) is 4.79 Å². The van der Waals surface area contributed by atoms with Gasteiger partial charge in [0, 0.05) is 43.5 Å². The quantitative estimate of drug-likeness (QED) is 0.908. The third-order valence-corrected chi connectivity index (χ3v) is 6.31. The highest BCUT2D eigenvalue weighted by Crippen LogP contribution is 2.34. The van der Waals surface area contributed by atoms with Crippen LogP contribution in [0.4, 0.5) is 0 Å². The summed E-state index contributed by atoms with van der Waals surface area (Å²) in [4.78, 5) is 16.4. The van der Waals surface area contributed by atoms with Gasteiger partial charge in [0.1, 0.15) is 5.82 Å². The van der Waals surface area contributed by atoms with Gasteiger partial charge in [0.25, 0.3) is 5.91 Å². The minimum atomic E-state index is -0.115. The molecule has 2 aliphatic heterocycles. The van der Waals surface area contributed by atoms with Crippen molar-refractivity contribution in [2.24, 2.45) is 11.8 Å². The van der Waals surface area contributed by atoms with Crippen molar-refractivity contribution >= 4 is 17.2 Å². The second-order valence-electron chi connectivity index (χ2n) is 7.62. The van der Waals surface area contributed by atoms with Gasteiger partial charge in [-0.1, -0.05) is 0 Å². The van der Waals surface area contributed by atoms with Gasteiger partial charge in [-0.2, -0.15) is 0 Å². The normalized spacial score (nSPS) is 22.9. The van der Waals surface area contributed by atoms with E-state index in [2.05, 4.69) is 38.8 Å². The summed E-state index contributed by atoms with van der Waals surface area (Å²) in [6.45, 7) is 10.2. The number of carbonyl (C=O) groups is 1. The van der Waals surface area contributed by atoms with Gasteiger partial charge in [-0.05, 0) is 49.6 Å². The van der Waals surface area contributed by atoms with Gasteiger partial charge in [-0.25, -0.2) is 0 Å². The van der Waals surface area contributed by atoms with Gasteiger partial charge in [0.2, 0.25) is 5.82 Å². The Morgan fingerprint density at radius 1 is 1.32 bits per heavy atom. The first-order valence-corrected chi connectivity index (χ1v) is 9.87. The molecule has 2 aromatic heterocycles. The average molecular weight is 359 g/mol. The molecular weight excluding hydrogens is 334 g/mol. The number of rotatable bonds is 4. The molecule has 6 nitrogen and oxygen atoms in total. The topological polar surface area (TPSA) is 63.1 Å². The predicted octanol–water partition coefficient (Wildman–Crippen LogP) is 2.09. The molecule has 4 rings (SSSR count). The summed E-state index contributed by atoms with van der Waals surface area (Å²) in [6, 6.07) is 2.30. The molecule has 0 aliphatic carbocycles. The van der Waals surface area contributed by atoms with E-state index in [1.54, 1.807) is 0 Å². The highest BCUT2D eigenvalue weighted by atomic mass is 32.1. The molecule has 4 heterocycles. The summed E-state index contributed by atoms with van der Waals surface area (Å²) in [5, 5.41) is 13.6. The number of likely N-dealkylation sites (tertiary alicyclic amines) is 1. The highest BCUT2D eigenvalue weighted by Gasteiger charge is 2.39. The van der Waals surface area contributed by atoms with Crippen molar-refractivity contribution in [1.29, 1.82) is 0 Å². The largest absolute Gasteiger partial charge is 0.347 e. The molecule has 1 N–H and O–H groups in total. The minimum Gasteiger partial charge on any atom is -0.347 e. The SMILES string of the molecule is Cc1ccsc1CN1C[C@H]2Cc3nnc(C(=O)NC(C)C)n3C[C@H]2C1. The number of carbonyl (C=O) groups excluding carboxylic acids is 1. The van der Waals surface area contributed by atoms with Gasteiger partial charge in [-0.15, -0.1) is 21.5 Å². The zero-order valence-electron chi connectivity index (χ0n) is 15.0. The van der Waals surface area contributed by atoms with Gasteiger partial charge in [-0.3, -0.25) is 9.69 Å². The third-order valence-electron chi connectivity index (χ3n) is 5.30. The van der Waals surface area contributed by atoms with Crippen LogP contribution in [0.15, 0.2) is 11.4 Å². The smallest absolute Gasteiger partial charge is 0.289 e. The molecule has 0 aromatic carbocycles. The molecule has 2 aromatic rings. The van der Waals surface area contributed by atoms with Crippen LogP contribution in [0.3, 0.4) is 0 Å². The van der Waals surface area contributed by atoms with Crippen molar-refractivity contribution in [3.63, 3.8) is 0 Å². The van der Waals surface area contributed by atoms with Crippen LogP contribution in [-0.4, -0.2) is 44.7 Å². The lowest BCUT2D eigenvalue weighted by atomic mass is 9.89. The van der Waals surface area contributed by atoms with Crippen LogP contribution in [0.25, 0.3) is 0 Å². The van der Waals surface area contributed by atoms with E-state index >= 15 is 0 Å². The first-order chi connectivity index (χ1) is 12.0. The Bertz CT molecular complexity index is 780. The van der Waals surface area contributed by atoms with Crippen molar-refractivity contribution in [2.45, 2.75) is 46.3 Å². The molecule has 0 saturated carbocycles. The van der Waals surface area contributed by atoms with Crippen molar-refractivity contribution in [2.75, 3.05) is 13.1 Å². The molecule has 1 saturated heterocycles. The van der Waals surface area contributed by atoms with E-state index < -0.39 is 0 Å². The monoisotopic (exact) mass is 359 g/mol. The number of thiophene rings is 1. The van der Waals surface area contributed by atoms with Crippen molar-refractivity contribution in [3.05, 3.63) is 33.5 Å². The van der Waals surface area contributed by atoms with E-state index in [0.717, 1.165) is 38.4 Å². The molecule has 2 atom stereocenters. The first-order valence-electron chi connectivity index (χ1n) is 8.99. The zero-order chi connectivity index (χ0) is 17.6. The Morgan fingerprint density at radius 2 is 2.12 bits per heavy atom. The molecule has 0 spiro atoms. The number of hydrogen-bond donors (Lipinski definition) is 1. The van der Waals surface area contributed by atoms with Gasteiger partial charge >= 0.3 is 0 Å². The van der Waals surface area contributed by atoms with Crippen molar-refractivity contribution in [3.8, 4) is 0 Å². The van der Waals surface area contributed by atoms with Crippen LogP contribution >= 0.6 is 11.3 Å². The fourth-order valence-corrected chi connectivity index (χ4v) is 4.96. The zero-order valence-corrected chi connectivity index (χ0v) is 15.8. The van der Waals surface area contributed by atoms with Gasteiger partial charge in [0.05, 0.1) is 0 Å². The summed E-state index contributed by atoms with van der Waals surface area (Å²) in [5.41, 5.74) is 1.39. The van der Waals surface area contributed by atoms with Crippen LogP contribution in [0.2, 0.25) is 0 Å². The lowest BCUT2D eigenvalue weighted by molar-refractivity contribution is 0.0924. The predicted molar refractivity (Wildman–Crippen MR) is 97.6 cm³/mol. The number of fused-ring (bicyclic) bond motifs is 2. The van der Waals surface area contributed by atoms with Crippen molar-refractivity contribution < 1.29 is 4.79 Å². The van der Waals surface area contributed by atoms with Crippen LogP contribution in [0.5, 0.6) is 0 Å². The lowest BCUT2D eigenvalue weighted by Gasteiger charge is -2.25. The molecule has 134 valence electrons. The molecule has 1 amide bonds. The van der Waals surface area contributed by atoms with E-state index in [1.165, 1.54) is 10.4 Å². The first kappa shape index (κ1) is 16.7. The fourth-order valence-electron chi connectivity index (χ4n) is 4.01. The number of aromatic nitrogens is 3. The molecule has 7 heteroatoms. The van der Waals surface area contributed by atoms with Crippen LogP contribution < -0.4 is 5.32 Å². The summed E-state index contributed by atoms with van der Waals surface area (Å²) < 4.78 is 2.04. The number of nitrogens with zero attached hydrogens (tertiary/aromatic N) is 4. The van der Waals surface area contributed by atoms with E-state index in [0.29, 0.717) is 17.7 Å². The highest BCUT2D eigenvalue weighted by molar-refractivity contribution is 7.10. The number of aryl methyl sites for hydroxylation is 1. The summed E-state index contributed by atoms with van der Waals surface area (Å²) in [5.74, 6) is 2.52. The van der Waals surface area contributed by atoms with E-state index in [-0.39, 0.29) is 11.9 Å². The molecule has 0 bridgehead atoms. The third kappa shape index (κ3) is 3.22. The lowest BCUT2D eigenvalue weighted by Crippen LogP contribution is -2.35. The molecule has 0 unspecified atom stereocenters. The number of hydrogen-bond acceptors (Lipinski definition) is 5. The van der Waals surface area contributed by atoms with Gasteiger partial charge in [0.15, 0.2) is 0 Å². The Labute approximate surface area is 152 Å². The molecule has 0 radical (unpaired) electrons. The van der Waals surface area contributed by atoms with Crippen LogP contribution in [-0.2, 0) is 19.5 Å². The standard InChI is InChI=1S/C18H25N5OS/c1-11(2)19-18(24)17-21-20-16-6-13-7-22(8-14(13)9-23(16)17)10-15-12(3)4-5-25-15/h4-5,11,13-14H,6-10H2,1-3H3,(H,19,24)/t13-,14-/m1/s1. The number of nitrogens with one attached hydrogen (secondary N) is 1. The maximum Gasteiger partial charge on any atom is 0.289 e. The Kier molecular flexibility index (Phi) is 4.37. The van der Waals surface area contributed by atoms with E-state index in [1.807, 2.05) is 29.8 Å². The Balaban J connectivity index is 1.46. The second kappa shape index (κ2) is 6.53. The molecule has 2 aliphatic rings. The fraction of sp³-hybridized carbons (Fsp3) is 0.611.